The molecule has 3 saturated heterocycles. The molecule has 1 saturated carbocycles. The molecular formula is C25H34F6N4O6S. The van der Waals surface area contributed by atoms with Crippen molar-refractivity contribution in [3.63, 3.8) is 0 Å². The van der Waals surface area contributed by atoms with Crippen LogP contribution in [0.15, 0.2) is 11.2 Å². The average Bonchev–Trinajstić information content (AvgIpc) is 3.22. The zero-order valence-electron chi connectivity index (χ0n) is 23.4. The summed E-state index contributed by atoms with van der Waals surface area (Å²) < 4.78 is 107. The van der Waals surface area contributed by atoms with E-state index >= 15 is 8.78 Å². The number of halogens is 6. The number of nitrogens with zero attached hydrogens (tertiary/aromatic N) is 1. The lowest BCUT2D eigenvalue weighted by Crippen LogP contribution is -2.71. The van der Waals surface area contributed by atoms with E-state index in [0.29, 0.717) is 12.3 Å². The summed E-state index contributed by atoms with van der Waals surface area (Å²) >= 11 is 0. The third-order valence-corrected chi connectivity index (χ3v) is 8.66. The zero-order valence-corrected chi connectivity index (χ0v) is 24.2. The van der Waals surface area contributed by atoms with Crippen molar-refractivity contribution in [2.45, 2.75) is 89.1 Å². The van der Waals surface area contributed by atoms with E-state index in [2.05, 4.69) is 10.6 Å². The van der Waals surface area contributed by atoms with Gasteiger partial charge in [-0.3, -0.25) is 19.2 Å². The van der Waals surface area contributed by atoms with Crippen LogP contribution in [-0.4, -0.2) is 86.0 Å². The number of piperidine rings is 2. The Morgan fingerprint density at radius 3 is 2.21 bits per heavy atom. The highest BCUT2D eigenvalue weighted by Gasteiger charge is 2.61. The smallest absolute Gasteiger partial charge is 0.356 e. The van der Waals surface area contributed by atoms with E-state index in [1.807, 2.05) is 0 Å². The van der Waals surface area contributed by atoms with Gasteiger partial charge in [0, 0.05) is 31.2 Å². The van der Waals surface area contributed by atoms with Gasteiger partial charge in [0.05, 0.1) is 12.0 Å². The molecule has 3 N–H and O–H groups in total. The molecule has 10 nitrogen and oxygen atoms in total. The van der Waals surface area contributed by atoms with Crippen LogP contribution in [-0.2, 0) is 29.0 Å². The van der Waals surface area contributed by atoms with Gasteiger partial charge in [-0.1, -0.05) is 20.8 Å². The number of amides is 4. The molecular weight excluding hydrogens is 598 g/mol. The molecule has 4 rings (SSSR count). The first-order chi connectivity index (χ1) is 19.0. The number of fused-ring (bicyclic) bond motifs is 3. The topological polar surface area (TPSA) is 142 Å². The van der Waals surface area contributed by atoms with Gasteiger partial charge < -0.3 is 20.9 Å². The zero-order chi connectivity index (χ0) is 32.0. The lowest BCUT2D eigenvalue weighted by Gasteiger charge is -2.55. The molecule has 4 fully saturated rings. The molecule has 0 aromatic heterocycles. The summed E-state index contributed by atoms with van der Waals surface area (Å²) in [5.74, 6) is -11.3. The quantitative estimate of drug-likeness (QED) is 0.350. The highest BCUT2D eigenvalue weighted by molar-refractivity contribution is 7.94. The second kappa shape index (κ2) is 11.7. The number of carbonyl (C=O) groups is 4. The highest BCUT2D eigenvalue weighted by Crippen LogP contribution is 2.49. The number of rotatable bonds is 8. The molecule has 0 aromatic carbocycles. The van der Waals surface area contributed by atoms with Gasteiger partial charge in [0.2, 0.25) is 32.7 Å². The molecule has 4 amide bonds. The third kappa shape index (κ3) is 7.37. The Kier molecular flexibility index (Phi) is 9.36. The van der Waals surface area contributed by atoms with E-state index in [1.54, 1.807) is 5.32 Å². The van der Waals surface area contributed by atoms with Crippen LogP contribution in [0.4, 0.5) is 26.3 Å². The monoisotopic (exact) mass is 632 g/mol. The minimum atomic E-state index is -5.36. The summed E-state index contributed by atoms with van der Waals surface area (Å²) in [6.45, 7) is 4.31. The van der Waals surface area contributed by atoms with Crippen molar-refractivity contribution in [3.05, 3.63) is 11.2 Å². The van der Waals surface area contributed by atoms with Crippen molar-refractivity contribution in [1.82, 2.24) is 20.9 Å². The maximum atomic E-state index is 15.1. The Bertz CT molecular complexity index is 1250. The van der Waals surface area contributed by atoms with Gasteiger partial charge in [-0.15, -0.1) is 0 Å². The molecule has 3 heterocycles. The van der Waals surface area contributed by atoms with Crippen LogP contribution < -0.4 is 16.0 Å². The van der Waals surface area contributed by atoms with Crippen molar-refractivity contribution in [1.29, 1.82) is 0 Å². The summed E-state index contributed by atoms with van der Waals surface area (Å²) in [4.78, 5) is 52.0. The Labute approximate surface area is 238 Å². The van der Waals surface area contributed by atoms with Crippen LogP contribution >= 0.6 is 0 Å². The minimum absolute atomic E-state index is 0.00808. The molecule has 0 radical (unpaired) electrons. The van der Waals surface area contributed by atoms with Crippen LogP contribution in [0.1, 0.15) is 52.9 Å². The van der Waals surface area contributed by atoms with E-state index in [9.17, 15) is 45.2 Å². The molecule has 6 atom stereocenters. The Morgan fingerprint density at radius 1 is 1.12 bits per heavy atom. The Morgan fingerprint density at radius 2 is 1.74 bits per heavy atom. The van der Waals surface area contributed by atoms with Gasteiger partial charge in [-0.2, -0.15) is 17.6 Å². The minimum Gasteiger partial charge on any atom is -0.356 e. The number of hydrogen-bond acceptors (Lipinski definition) is 6. The molecule has 0 spiro atoms. The van der Waals surface area contributed by atoms with Crippen molar-refractivity contribution < 1.29 is 53.9 Å². The van der Waals surface area contributed by atoms with E-state index in [0.717, 1.165) is 4.90 Å². The van der Waals surface area contributed by atoms with Crippen LogP contribution in [0.5, 0.6) is 0 Å². The van der Waals surface area contributed by atoms with Crippen molar-refractivity contribution in [2.24, 2.45) is 17.3 Å². The summed E-state index contributed by atoms with van der Waals surface area (Å²) in [6, 6.07) is -6.56. The van der Waals surface area contributed by atoms with Crippen molar-refractivity contribution >= 4 is 33.5 Å². The average molecular weight is 633 g/mol. The molecule has 0 unspecified atom stereocenters. The first-order valence-electron chi connectivity index (χ1n) is 13.3. The SMILES string of the molecule is CC(C)(C)[C@H](NC(=O)C(F)(F)F)C(=O)N1[C@@H]2CC[C@H]([C@H]1C(=O)N[C@@H](/C=C(\F)S(C)(=O)=O)C[C@@H]1CCNC1=O)C(F)(F)C2. The standard InChI is InChI=1S/C25H34F6N4O6S/c1-23(2,3)18(34-22(39)25(29,30)31)21(38)35-14-5-6-15(24(27,28)11-14)17(35)20(37)33-13(10-16(26)42(4,40)41)9-12-7-8-32-19(12)36/h10,12-15,17-18H,5-9,11H2,1-4H3,(H,32,36)(H,33,37)(H,34,39)/b16-10+/t12-,13+,14+,15+,17-,18+/m0/s1. The number of carbonyl (C=O) groups excluding carboxylic acids is 4. The van der Waals surface area contributed by atoms with Gasteiger partial charge in [0.1, 0.15) is 12.1 Å². The Balaban J connectivity index is 2.00. The molecule has 238 valence electrons. The number of sulfone groups is 1. The Hall–Kier alpha value is -2.85. The van der Waals surface area contributed by atoms with E-state index in [-0.39, 0.29) is 32.2 Å². The maximum Gasteiger partial charge on any atom is 0.471 e. The third-order valence-electron chi connectivity index (χ3n) is 7.82. The van der Waals surface area contributed by atoms with E-state index in [4.69, 9.17) is 0 Å². The predicted molar refractivity (Wildman–Crippen MR) is 136 cm³/mol. The van der Waals surface area contributed by atoms with Gasteiger partial charge in [0.15, 0.2) is 0 Å². The summed E-state index contributed by atoms with van der Waals surface area (Å²) in [5.41, 5.74) is -1.35. The molecule has 0 aromatic rings. The first-order valence-corrected chi connectivity index (χ1v) is 15.2. The van der Waals surface area contributed by atoms with E-state index < -0.39 is 98.6 Å². The molecule has 3 aliphatic heterocycles. The second-order valence-corrected chi connectivity index (χ2v) is 14.1. The van der Waals surface area contributed by atoms with Gasteiger partial charge in [-0.25, -0.2) is 17.2 Å². The van der Waals surface area contributed by atoms with Gasteiger partial charge >= 0.3 is 12.1 Å². The first kappa shape index (κ1) is 33.6. The molecule has 4 aliphatic rings. The molecule has 17 heteroatoms. The molecule has 42 heavy (non-hydrogen) atoms. The number of alkyl halides is 5. The lowest BCUT2D eigenvalue weighted by molar-refractivity contribution is -0.197. The number of hydrogen-bond donors (Lipinski definition) is 3. The van der Waals surface area contributed by atoms with Crippen LogP contribution in [0.2, 0.25) is 0 Å². The fourth-order valence-electron chi connectivity index (χ4n) is 5.73. The second-order valence-electron chi connectivity index (χ2n) is 12.1. The predicted octanol–water partition coefficient (Wildman–Crippen LogP) is 1.96. The molecule has 1 aliphatic carbocycles. The number of nitrogens with one attached hydrogen (secondary N) is 3. The summed E-state index contributed by atoms with van der Waals surface area (Å²) in [5, 5.41) is 4.81. The molecule has 2 bridgehead atoms. The van der Waals surface area contributed by atoms with Crippen molar-refractivity contribution in [3.8, 4) is 0 Å². The van der Waals surface area contributed by atoms with Crippen LogP contribution in [0, 0.1) is 17.3 Å². The highest BCUT2D eigenvalue weighted by atomic mass is 32.2. The lowest BCUT2D eigenvalue weighted by atomic mass is 9.70. The van der Waals surface area contributed by atoms with E-state index in [1.165, 1.54) is 20.8 Å². The van der Waals surface area contributed by atoms with Crippen LogP contribution in [0.25, 0.3) is 0 Å². The van der Waals surface area contributed by atoms with Gasteiger partial charge in [0.25, 0.3) is 5.92 Å². The van der Waals surface area contributed by atoms with Gasteiger partial charge in [-0.05, 0) is 37.2 Å². The summed E-state index contributed by atoms with van der Waals surface area (Å²) in [7, 11) is -4.38. The normalized spacial score (nSPS) is 27.7. The summed E-state index contributed by atoms with van der Waals surface area (Å²) in [6.07, 6.45) is -5.38. The largest absolute Gasteiger partial charge is 0.471 e. The van der Waals surface area contributed by atoms with Crippen molar-refractivity contribution in [2.75, 3.05) is 12.8 Å². The fraction of sp³-hybridized carbons (Fsp3) is 0.760. The fourth-order valence-corrected chi connectivity index (χ4v) is 6.14. The maximum absolute atomic E-state index is 15.1. The van der Waals surface area contributed by atoms with Crippen LogP contribution in [0.3, 0.4) is 0 Å².